The van der Waals surface area contributed by atoms with Crippen molar-refractivity contribution in [1.29, 1.82) is 0 Å². The first-order chi connectivity index (χ1) is 6.48. The number of rotatable bonds is 0. The fraction of sp³-hybridized carbons (Fsp3) is 0.333. The number of benzene rings is 1. The van der Waals surface area contributed by atoms with Gasteiger partial charge in [0.15, 0.2) is 0 Å². The van der Waals surface area contributed by atoms with E-state index >= 15 is 0 Å². The van der Waals surface area contributed by atoms with Gasteiger partial charge in [0.1, 0.15) is 5.75 Å². The van der Waals surface area contributed by atoms with Crippen molar-refractivity contribution in [1.82, 2.24) is 0 Å². The molecule has 0 saturated heterocycles. The van der Waals surface area contributed by atoms with Gasteiger partial charge in [0.25, 0.3) is 0 Å². The molecule has 0 bridgehead atoms. The Labute approximate surface area is 95.7 Å². The van der Waals surface area contributed by atoms with Crippen molar-refractivity contribution in [2.24, 2.45) is 11.5 Å². The topological polar surface area (TPSA) is 70.5 Å². The molecule has 5 heteroatoms. The summed E-state index contributed by atoms with van der Waals surface area (Å²) in [5.74, 6) is 0.729. The van der Waals surface area contributed by atoms with Crippen LogP contribution >= 0.6 is 22.6 Å². The zero-order valence-corrected chi connectivity index (χ0v) is 9.87. The van der Waals surface area contributed by atoms with Gasteiger partial charge < -0.3 is 9.47 Å². The van der Waals surface area contributed by atoms with Gasteiger partial charge in [-0.25, -0.2) is 0 Å². The lowest BCUT2D eigenvalue weighted by Crippen LogP contribution is -2.58. The van der Waals surface area contributed by atoms with Gasteiger partial charge in [-0.05, 0) is 47.2 Å². The van der Waals surface area contributed by atoms with Crippen molar-refractivity contribution < 1.29 is 9.47 Å². The highest BCUT2D eigenvalue weighted by Crippen LogP contribution is 2.32. The lowest BCUT2D eigenvalue weighted by atomic mass is 10.1. The second-order valence-corrected chi connectivity index (χ2v) is 4.51. The van der Waals surface area contributed by atoms with Crippen LogP contribution in [0.2, 0.25) is 0 Å². The average Bonchev–Trinajstić information content (AvgIpc) is 2.06. The molecule has 0 unspecified atom stereocenters. The van der Waals surface area contributed by atoms with E-state index in [1.807, 2.05) is 19.1 Å². The number of ether oxygens (including phenoxy) is 2. The molecular weight excluding hydrogens is 295 g/mol. The Morgan fingerprint density at radius 3 is 2.86 bits per heavy atom. The van der Waals surface area contributed by atoms with E-state index in [2.05, 4.69) is 22.6 Å². The lowest BCUT2D eigenvalue weighted by molar-refractivity contribution is -0.198. The van der Waals surface area contributed by atoms with Gasteiger partial charge in [0, 0.05) is 5.56 Å². The van der Waals surface area contributed by atoms with E-state index in [9.17, 15) is 0 Å². The van der Waals surface area contributed by atoms with E-state index < -0.39 is 6.03 Å². The number of aryl methyl sites for hydroxylation is 1. The Morgan fingerprint density at radius 2 is 2.14 bits per heavy atom. The highest BCUT2D eigenvalue weighted by Gasteiger charge is 2.30. The van der Waals surface area contributed by atoms with Crippen LogP contribution in [0, 0.1) is 10.5 Å². The van der Waals surface area contributed by atoms with Crippen LogP contribution in [0.15, 0.2) is 12.1 Å². The third-order valence-corrected chi connectivity index (χ3v) is 2.78. The molecule has 2 rings (SSSR count). The summed E-state index contributed by atoms with van der Waals surface area (Å²) in [6, 6.07) is 2.52. The molecule has 1 aromatic carbocycles. The Kier molecular flexibility index (Phi) is 2.42. The third kappa shape index (κ3) is 1.85. The van der Waals surface area contributed by atoms with Crippen LogP contribution in [-0.4, -0.2) is 6.03 Å². The van der Waals surface area contributed by atoms with Crippen LogP contribution in [0.5, 0.6) is 5.75 Å². The van der Waals surface area contributed by atoms with Crippen molar-refractivity contribution in [2.75, 3.05) is 0 Å². The minimum Gasteiger partial charge on any atom is -0.435 e. The fourth-order valence-corrected chi connectivity index (χ4v) is 2.35. The minimum absolute atomic E-state index is 0.389. The summed E-state index contributed by atoms with van der Waals surface area (Å²) in [6.07, 6.45) is 0. The standard InChI is InChI=1S/C9H11IN2O2/c1-5-2-6-4-13-9(11,12)14-8(6)7(10)3-5/h2-3H,4,11-12H2,1H3. The van der Waals surface area contributed by atoms with E-state index in [0.29, 0.717) is 6.61 Å². The minimum atomic E-state index is -1.50. The fourth-order valence-electron chi connectivity index (χ4n) is 1.40. The zero-order valence-electron chi connectivity index (χ0n) is 7.71. The highest BCUT2D eigenvalue weighted by atomic mass is 127. The van der Waals surface area contributed by atoms with Gasteiger partial charge in [-0.3, -0.25) is 11.5 Å². The molecule has 0 aliphatic carbocycles. The molecule has 0 amide bonds. The van der Waals surface area contributed by atoms with Crippen molar-refractivity contribution >= 4 is 22.6 Å². The summed E-state index contributed by atoms with van der Waals surface area (Å²) >= 11 is 2.19. The lowest BCUT2D eigenvalue weighted by Gasteiger charge is -2.32. The van der Waals surface area contributed by atoms with E-state index in [1.165, 1.54) is 5.56 Å². The van der Waals surface area contributed by atoms with Crippen molar-refractivity contribution in [3.8, 4) is 5.75 Å². The SMILES string of the molecule is Cc1cc(I)c2c(c1)COC(N)(N)O2. The first-order valence-corrected chi connectivity index (χ1v) is 5.25. The quantitative estimate of drug-likeness (QED) is 0.555. The van der Waals surface area contributed by atoms with Gasteiger partial charge in [-0.1, -0.05) is 0 Å². The van der Waals surface area contributed by atoms with Crippen LogP contribution in [0.4, 0.5) is 0 Å². The summed E-state index contributed by atoms with van der Waals surface area (Å²) < 4.78 is 11.5. The number of nitrogens with two attached hydrogens (primary N) is 2. The number of halogens is 1. The summed E-state index contributed by atoms with van der Waals surface area (Å²) in [7, 11) is 0. The van der Waals surface area contributed by atoms with E-state index in [4.69, 9.17) is 20.9 Å². The highest BCUT2D eigenvalue weighted by molar-refractivity contribution is 14.1. The van der Waals surface area contributed by atoms with Crippen molar-refractivity contribution in [3.05, 3.63) is 26.8 Å². The third-order valence-electron chi connectivity index (χ3n) is 1.98. The molecule has 0 fully saturated rings. The Hall–Kier alpha value is -0.370. The molecule has 1 aliphatic heterocycles. The van der Waals surface area contributed by atoms with E-state index in [-0.39, 0.29) is 0 Å². The molecule has 4 N–H and O–H groups in total. The summed E-state index contributed by atoms with van der Waals surface area (Å²) in [5.41, 5.74) is 13.2. The van der Waals surface area contributed by atoms with Gasteiger partial charge in [-0.15, -0.1) is 0 Å². The smallest absolute Gasteiger partial charge is 0.331 e. The predicted molar refractivity (Wildman–Crippen MR) is 60.4 cm³/mol. The maximum Gasteiger partial charge on any atom is 0.331 e. The molecule has 0 spiro atoms. The Bertz CT molecular complexity index is 379. The molecule has 1 aliphatic rings. The molecule has 1 aromatic rings. The molecule has 0 aromatic heterocycles. The summed E-state index contributed by atoms with van der Waals surface area (Å²) in [4.78, 5) is 0. The predicted octanol–water partition coefficient (Wildman–Crippen LogP) is 1.04. The largest absolute Gasteiger partial charge is 0.435 e. The maximum absolute atomic E-state index is 5.53. The average molecular weight is 306 g/mol. The molecule has 0 atom stereocenters. The summed E-state index contributed by atoms with van der Waals surface area (Å²) in [5, 5.41) is 0. The first kappa shape index (κ1) is 10.2. The monoisotopic (exact) mass is 306 g/mol. The first-order valence-electron chi connectivity index (χ1n) is 4.18. The Morgan fingerprint density at radius 1 is 1.43 bits per heavy atom. The van der Waals surface area contributed by atoms with Gasteiger partial charge in [-0.2, -0.15) is 0 Å². The van der Waals surface area contributed by atoms with E-state index in [1.54, 1.807) is 0 Å². The van der Waals surface area contributed by atoms with Crippen LogP contribution in [0.3, 0.4) is 0 Å². The molecular formula is C9H11IN2O2. The molecule has 0 radical (unpaired) electrons. The maximum atomic E-state index is 5.53. The van der Waals surface area contributed by atoms with E-state index in [0.717, 1.165) is 14.9 Å². The second kappa shape index (κ2) is 3.34. The van der Waals surface area contributed by atoms with Gasteiger partial charge >= 0.3 is 6.03 Å². The number of hydrogen-bond donors (Lipinski definition) is 2. The molecule has 0 saturated carbocycles. The number of fused-ring (bicyclic) bond motifs is 1. The number of hydrogen-bond acceptors (Lipinski definition) is 4. The van der Waals surface area contributed by atoms with Crippen LogP contribution < -0.4 is 16.2 Å². The zero-order chi connectivity index (χ0) is 10.3. The van der Waals surface area contributed by atoms with Crippen LogP contribution in [0.25, 0.3) is 0 Å². The van der Waals surface area contributed by atoms with Crippen molar-refractivity contribution in [2.45, 2.75) is 19.6 Å². The van der Waals surface area contributed by atoms with Crippen LogP contribution in [-0.2, 0) is 11.3 Å². The summed E-state index contributed by atoms with van der Waals surface area (Å²) in [6.45, 7) is 2.41. The second-order valence-electron chi connectivity index (χ2n) is 3.35. The van der Waals surface area contributed by atoms with Gasteiger partial charge in [0.05, 0.1) is 10.2 Å². The molecule has 76 valence electrons. The van der Waals surface area contributed by atoms with Crippen LogP contribution in [0.1, 0.15) is 11.1 Å². The Balaban J connectivity index is 2.47. The molecule has 1 heterocycles. The normalized spacial score (nSPS) is 18.6. The molecule has 4 nitrogen and oxygen atoms in total. The van der Waals surface area contributed by atoms with Crippen molar-refractivity contribution in [3.63, 3.8) is 0 Å². The molecule has 14 heavy (non-hydrogen) atoms. The van der Waals surface area contributed by atoms with Gasteiger partial charge in [0.2, 0.25) is 0 Å².